The van der Waals surface area contributed by atoms with Crippen LogP contribution >= 0.6 is 12.4 Å². The molecule has 1 aromatic carbocycles. The molecule has 0 fully saturated rings. The molecule has 0 bridgehead atoms. The van der Waals surface area contributed by atoms with Gasteiger partial charge in [-0.1, -0.05) is 0 Å². The quantitative estimate of drug-likeness (QED) is 0.857. The number of nitrogens with one attached hydrogen (secondary N) is 2. The largest absolute Gasteiger partial charge is 0.350 e. The number of carbonyl (C=O) groups is 2. The molecule has 0 aliphatic rings. The Morgan fingerprint density at radius 2 is 1.65 bits per heavy atom. The Labute approximate surface area is 126 Å². The number of carbonyl (C=O) groups excluding carboxylic acids is 2. The molecule has 1 atom stereocenters. The zero-order valence-corrected chi connectivity index (χ0v) is 13.1. The molecule has 112 valence electrons. The van der Waals surface area contributed by atoms with Crippen LogP contribution in [0.25, 0.3) is 0 Å². The van der Waals surface area contributed by atoms with Crippen LogP contribution in [0.15, 0.2) is 24.3 Å². The number of nitrogens with zero attached hydrogens (tertiary/aromatic N) is 1. The van der Waals surface area contributed by atoms with Gasteiger partial charge < -0.3 is 15.5 Å². The summed E-state index contributed by atoms with van der Waals surface area (Å²) in [6, 6.07) is 6.88. The Hall–Kier alpha value is -1.59. The third-order valence-corrected chi connectivity index (χ3v) is 2.86. The van der Waals surface area contributed by atoms with Crippen molar-refractivity contribution >= 4 is 24.2 Å². The highest BCUT2D eigenvalue weighted by atomic mass is 35.5. The first-order valence-electron chi connectivity index (χ1n) is 6.23. The highest BCUT2D eigenvalue weighted by Crippen LogP contribution is 2.06. The van der Waals surface area contributed by atoms with E-state index < -0.39 is 0 Å². The van der Waals surface area contributed by atoms with Crippen molar-refractivity contribution in [3.63, 3.8) is 0 Å². The van der Waals surface area contributed by atoms with Gasteiger partial charge in [0.05, 0.1) is 0 Å². The van der Waals surface area contributed by atoms with E-state index in [1.165, 1.54) is 4.90 Å². The van der Waals surface area contributed by atoms with Gasteiger partial charge in [0, 0.05) is 37.8 Å². The van der Waals surface area contributed by atoms with Gasteiger partial charge in [0.25, 0.3) is 11.8 Å². The predicted molar refractivity (Wildman–Crippen MR) is 82.6 cm³/mol. The van der Waals surface area contributed by atoms with Crippen LogP contribution in [-0.2, 0) is 0 Å². The summed E-state index contributed by atoms with van der Waals surface area (Å²) < 4.78 is 0. The fraction of sp³-hybridized carbons (Fsp3) is 0.429. The van der Waals surface area contributed by atoms with Crippen molar-refractivity contribution in [3.8, 4) is 0 Å². The highest BCUT2D eigenvalue weighted by molar-refractivity contribution is 5.97. The maximum Gasteiger partial charge on any atom is 0.253 e. The van der Waals surface area contributed by atoms with Crippen LogP contribution in [0.3, 0.4) is 0 Å². The van der Waals surface area contributed by atoms with Gasteiger partial charge in [-0.3, -0.25) is 9.59 Å². The number of halogens is 1. The van der Waals surface area contributed by atoms with Gasteiger partial charge in [-0.25, -0.2) is 0 Å². The van der Waals surface area contributed by atoms with E-state index in [4.69, 9.17) is 0 Å². The van der Waals surface area contributed by atoms with Crippen molar-refractivity contribution in [1.82, 2.24) is 15.5 Å². The SMILES string of the molecule is CNC(C)CNC(=O)c1ccc(C(=O)N(C)C)cc1.Cl. The molecular weight excluding hydrogens is 278 g/mol. The van der Waals surface area contributed by atoms with Crippen molar-refractivity contribution in [2.75, 3.05) is 27.7 Å². The summed E-state index contributed by atoms with van der Waals surface area (Å²) >= 11 is 0. The first kappa shape index (κ1) is 18.4. The molecule has 1 unspecified atom stereocenters. The summed E-state index contributed by atoms with van der Waals surface area (Å²) in [5.41, 5.74) is 1.13. The summed E-state index contributed by atoms with van der Waals surface area (Å²) in [6.07, 6.45) is 0. The molecule has 20 heavy (non-hydrogen) atoms. The van der Waals surface area contributed by atoms with E-state index in [-0.39, 0.29) is 30.3 Å². The Bertz CT molecular complexity index is 446. The molecule has 0 saturated heterocycles. The average molecular weight is 300 g/mol. The number of rotatable bonds is 5. The third-order valence-electron chi connectivity index (χ3n) is 2.86. The topological polar surface area (TPSA) is 61.4 Å². The number of hydrogen-bond acceptors (Lipinski definition) is 3. The molecule has 1 rings (SSSR count). The lowest BCUT2D eigenvalue weighted by Crippen LogP contribution is -2.37. The second-order valence-electron chi connectivity index (χ2n) is 4.68. The zero-order chi connectivity index (χ0) is 14.4. The number of amides is 2. The van der Waals surface area contributed by atoms with Gasteiger partial charge in [-0.05, 0) is 38.2 Å². The Morgan fingerprint density at radius 3 is 2.10 bits per heavy atom. The van der Waals surface area contributed by atoms with Gasteiger partial charge in [-0.15, -0.1) is 12.4 Å². The zero-order valence-electron chi connectivity index (χ0n) is 12.3. The number of hydrogen-bond donors (Lipinski definition) is 2. The average Bonchev–Trinajstić information content (AvgIpc) is 2.43. The number of likely N-dealkylation sites (N-methyl/N-ethyl adjacent to an activating group) is 1. The van der Waals surface area contributed by atoms with Gasteiger partial charge in [0.15, 0.2) is 0 Å². The molecule has 0 spiro atoms. The Kier molecular flexibility index (Phi) is 7.87. The molecule has 1 aromatic rings. The lowest BCUT2D eigenvalue weighted by atomic mass is 10.1. The fourth-order valence-electron chi connectivity index (χ4n) is 1.47. The maximum absolute atomic E-state index is 11.8. The molecule has 0 aliphatic carbocycles. The van der Waals surface area contributed by atoms with Crippen molar-refractivity contribution in [1.29, 1.82) is 0 Å². The fourth-order valence-corrected chi connectivity index (χ4v) is 1.47. The minimum absolute atomic E-state index is 0. The van der Waals surface area contributed by atoms with E-state index in [1.54, 1.807) is 38.4 Å². The lowest BCUT2D eigenvalue weighted by Gasteiger charge is -2.12. The molecule has 0 heterocycles. The van der Waals surface area contributed by atoms with Gasteiger partial charge in [0.2, 0.25) is 0 Å². The Morgan fingerprint density at radius 1 is 1.15 bits per heavy atom. The molecular formula is C14H22ClN3O2. The van der Waals surface area contributed by atoms with Crippen LogP contribution < -0.4 is 10.6 Å². The van der Waals surface area contributed by atoms with Crippen molar-refractivity contribution in [2.24, 2.45) is 0 Å². The van der Waals surface area contributed by atoms with Crippen molar-refractivity contribution in [2.45, 2.75) is 13.0 Å². The van der Waals surface area contributed by atoms with Crippen molar-refractivity contribution in [3.05, 3.63) is 35.4 Å². The first-order valence-corrected chi connectivity index (χ1v) is 6.23. The minimum Gasteiger partial charge on any atom is -0.350 e. The van der Waals surface area contributed by atoms with Gasteiger partial charge >= 0.3 is 0 Å². The molecule has 6 heteroatoms. The first-order chi connectivity index (χ1) is 8.95. The molecule has 2 amide bonds. The minimum atomic E-state index is -0.133. The van der Waals surface area contributed by atoms with Crippen LogP contribution in [0.5, 0.6) is 0 Å². The summed E-state index contributed by atoms with van der Waals surface area (Å²) in [5.74, 6) is -0.207. The molecule has 0 radical (unpaired) electrons. The van der Waals surface area contributed by atoms with Crippen LogP contribution in [0.4, 0.5) is 0 Å². The van der Waals surface area contributed by atoms with E-state index in [2.05, 4.69) is 10.6 Å². The highest BCUT2D eigenvalue weighted by Gasteiger charge is 2.10. The predicted octanol–water partition coefficient (Wildman–Crippen LogP) is 1.15. The van der Waals surface area contributed by atoms with E-state index in [0.29, 0.717) is 17.7 Å². The Balaban J connectivity index is 0.00000361. The smallest absolute Gasteiger partial charge is 0.253 e. The van der Waals surface area contributed by atoms with Crippen molar-refractivity contribution < 1.29 is 9.59 Å². The van der Waals surface area contributed by atoms with Crippen LogP contribution in [-0.4, -0.2) is 50.4 Å². The van der Waals surface area contributed by atoms with Crippen LogP contribution in [0, 0.1) is 0 Å². The molecule has 0 aromatic heterocycles. The molecule has 2 N–H and O–H groups in total. The monoisotopic (exact) mass is 299 g/mol. The van der Waals surface area contributed by atoms with Crippen LogP contribution in [0.1, 0.15) is 27.6 Å². The standard InChI is InChI=1S/C14H21N3O2.ClH/c1-10(15-2)9-16-13(18)11-5-7-12(8-6-11)14(19)17(3)4;/h5-8,10,15H,9H2,1-4H3,(H,16,18);1H. The van der Waals surface area contributed by atoms with Crippen LogP contribution in [0.2, 0.25) is 0 Å². The molecule has 5 nitrogen and oxygen atoms in total. The van der Waals surface area contributed by atoms with Gasteiger partial charge in [0.1, 0.15) is 0 Å². The second kappa shape index (κ2) is 8.55. The molecule has 0 aliphatic heterocycles. The van der Waals surface area contributed by atoms with Gasteiger partial charge in [-0.2, -0.15) is 0 Å². The summed E-state index contributed by atoms with van der Waals surface area (Å²) in [5, 5.41) is 5.87. The summed E-state index contributed by atoms with van der Waals surface area (Å²) in [7, 11) is 5.24. The summed E-state index contributed by atoms with van der Waals surface area (Å²) in [4.78, 5) is 25.0. The van der Waals surface area contributed by atoms with E-state index in [1.807, 2.05) is 14.0 Å². The molecule has 0 saturated carbocycles. The second-order valence-corrected chi connectivity index (χ2v) is 4.68. The normalized spacial score (nSPS) is 11.2. The van der Waals surface area contributed by atoms with E-state index in [9.17, 15) is 9.59 Å². The third kappa shape index (κ3) is 5.19. The lowest BCUT2D eigenvalue weighted by molar-refractivity contribution is 0.0826. The van der Waals surface area contributed by atoms with E-state index in [0.717, 1.165) is 0 Å². The summed E-state index contributed by atoms with van der Waals surface area (Å²) in [6.45, 7) is 2.55. The van der Waals surface area contributed by atoms with E-state index >= 15 is 0 Å². The maximum atomic E-state index is 11.8. The number of benzene rings is 1.